The Labute approximate surface area is 150 Å². The van der Waals surface area contributed by atoms with Gasteiger partial charge in [-0.15, -0.1) is 0 Å². The van der Waals surface area contributed by atoms with Gasteiger partial charge >= 0.3 is 5.97 Å². The molecule has 0 aromatic carbocycles. The first-order chi connectivity index (χ1) is 12.1. The maximum Gasteiger partial charge on any atom is 0.303 e. The molecular weight excluding hydrogens is 320 g/mol. The van der Waals surface area contributed by atoms with Crippen LogP contribution in [0, 0.1) is 5.92 Å². The van der Waals surface area contributed by atoms with Gasteiger partial charge in [-0.05, 0) is 25.7 Å². The molecule has 0 spiro atoms. The molecule has 3 aliphatic heterocycles. The molecule has 3 heterocycles. The summed E-state index contributed by atoms with van der Waals surface area (Å²) in [6, 6.07) is 0. The van der Waals surface area contributed by atoms with E-state index in [4.69, 9.17) is 14.6 Å². The molecule has 0 amide bonds. The van der Waals surface area contributed by atoms with E-state index < -0.39 is 12.1 Å². The molecule has 0 saturated carbocycles. The average molecular weight is 352 g/mol. The van der Waals surface area contributed by atoms with E-state index in [1.165, 1.54) is 0 Å². The van der Waals surface area contributed by atoms with E-state index >= 15 is 0 Å². The maximum absolute atomic E-state index is 10.5. The summed E-state index contributed by atoms with van der Waals surface area (Å²) < 4.78 is 11.6. The normalized spacial score (nSPS) is 29.8. The van der Waals surface area contributed by atoms with Crippen molar-refractivity contribution in [1.29, 1.82) is 0 Å². The van der Waals surface area contributed by atoms with E-state index in [2.05, 4.69) is 13.0 Å². The van der Waals surface area contributed by atoms with Gasteiger partial charge in [0.25, 0.3) is 0 Å². The van der Waals surface area contributed by atoms with Gasteiger partial charge in [0.15, 0.2) is 6.29 Å². The number of ether oxygens (including phenoxy) is 2. The molecule has 3 rings (SSSR count). The number of hydrogen-bond donors (Lipinski definition) is 2. The lowest BCUT2D eigenvalue weighted by molar-refractivity contribution is -0.337. The highest BCUT2D eigenvalue weighted by Crippen LogP contribution is 2.40. The number of allylic oxidation sites excluding steroid dienone is 2. The zero-order chi connectivity index (χ0) is 18.1. The maximum atomic E-state index is 10.5. The molecule has 0 aliphatic carbocycles. The Balaban J connectivity index is 1.76. The molecule has 0 aromatic rings. The van der Waals surface area contributed by atoms with Crippen molar-refractivity contribution >= 4 is 5.97 Å². The predicted molar refractivity (Wildman–Crippen MR) is 96.2 cm³/mol. The lowest BCUT2D eigenvalue weighted by atomic mass is 9.84. The second-order valence-corrected chi connectivity index (χ2v) is 7.05. The van der Waals surface area contributed by atoms with Gasteiger partial charge in [0.05, 0.1) is 18.3 Å². The zero-order valence-corrected chi connectivity index (χ0v) is 15.2. The lowest BCUT2D eigenvalue weighted by Crippen LogP contribution is -2.55. The number of aliphatic hydroxyl groups is 1. The second-order valence-electron chi connectivity index (χ2n) is 7.05. The Kier molecular flexibility index (Phi) is 8.65. The summed E-state index contributed by atoms with van der Waals surface area (Å²) in [7, 11) is 0. The summed E-state index contributed by atoms with van der Waals surface area (Å²) in [5.41, 5.74) is 0. The van der Waals surface area contributed by atoms with Crippen molar-refractivity contribution in [1.82, 2.24) is 0 Å². The summed E-state index contributed by atoms with van der Waals surface area (Å²) in [5.74, 6) is -0.481. The number of unbranched alkanes of at least 4 members (excludes halogenated alkanes) is 3. The molecular formula is C20H32O5. The largest absolute Gasteiger partial charge is 0.481 e. The van der Waals surface area contributed by atoms with Gasteiger partial charge in [0, 0.05) is 18.8 Å². The third kappa shape index (κ3) is 6.92. The van der Waals surface area contributed by atoms with Crippen LogP contribution in [0.2, 0.25) is 0 Å². The SMILES string of the molecule is CCCCC[C@@H](O)/C=C/C1O[C@@H]2C[C@@H](O2)[C@@H]1C/C=C\CCCC(=O)O. The highest BCUT2D eigenvalue weighted by atomic mass is 16.7. The highest BCUT2D eigenvalue weighted by molar-refractivity contribution is 5.66. The van der Waals surface area contributed by atoms with Crippen molar-refractivity contribution in [2.24, 2.45) is 5.92 Å². The van der Waals surface area contributed by atoms with E-state index in [0.717, 1.165) is 44.9 Å². The Hall–Kier alpha value is -1.17. The Morgan fingerprint density at radius 2 is 2.04 bits per heavy atom. The van der Waals surface area contributed by atoms with Crippen molar-refractivity contribution < 1.29 is 24.5 Å². The van der Waals surface area contributed by atoms with E-state index in [9.17, 15) is 9.90 Å². The third-order valence-corrected chi connectivity index (χ3v) is 4.92. The molecule has 1 unspecified atom stereocenters. The van der Waals surface area contributed by atoms with E-state index in [1.807, 2.05) is 18.2 Å². The monoisotopic (exact) mass is 352 g/mol. The molecule has 5 heteroatoms. The molecule has 25 heavy (non-hydrogen) atoms. The zero-order valence-electron chi connectivity index (χ0n) is 15.2. The van der Waals surface area contributed by atoms with Crippen LogP contribution in [0.5, 0.6) is 0 Å². The quantitative estimate of drug-likeness (QED) is 0.412. The van der Waals surface area contributed by atoms with Gasteiger partial charge in [-0.2, -0.15) is 0 Å². The van der Waals surface area contributed by atoms with Crippen molar-refractivity contribution in [3.8, 4) is 0 Å². The summed E-state index contributed by atoms with van der Waals surface area (Å²) >= 11 is 0. The number of carbonyl (C=O) groups is 1. The average Bonchev–Trinajstić information content (AvgIpc) is 2.55. The predicted octanol–water partition coefficient (Wildman–Crippen LogP) is 3.82. The smallest absolute Gasteiger partial charge is 0.303 e. The molecule has 142 valence electrons. The number of rotatable bonds is 12. The topological polar surface area (TPSA) is 76.0 Å². The van der Waals surface area contributed by atoms with Crippen LogP contribution in [-0.4, -0.2) is 40.8 Å². The van der Waals surface area contributed by atoms with Crippen LogP contribution in [0.25, 0.3) is 0 Å². The van der Waals surface area contributed by atoms with Crippen LogP contribution in [0.1, 0.15) is 64.7 Å². The fourth-order valence-corrected chi connectivity index (χ4v) is 3.38. The number of fused-ring (bicyclic) bond motifs is 2. The van der Waals surface area contributed by atoms with E-state index in [1.54, 1.807) is 0 Å². The minimum absolute atomic E-state index is 0.0120. The van der Waals surface area contributed by atoms with Crippen LogP contribution >= 0.6 is 0 Å². The molecule has 5 atom stereocenters. The van der Waals surface area contributed by atoms with Crippen LogP contribution < -0.4 is 0 Å². The van der Waals surface area contributed by atoms with Gasteiger partial charge in [-0.3, -0.25) is 4.79 Å². The molecule has 2 N–H and O–H groups in total. The summed E-state index contributed by atoms with van der Waals surface area (Å²) in [6.45, 7) is 2.16. The standard InChI is InChI=1S/C20H32O5/c1-2-3-6-9-15(21)12-13-17-16(18-14-20(24-17)25-18)10-7-4-5-8-11-19(22)23/h4,7,12-13,15-18,20-21H,2-3,5-6,8-11,14H2,1H3,(H,22,23)/b7-4-,13-12+/t15-,16-,17?,18-,20+/m1/s1. The number of hydrogen-bond acceptors (Lipinski definition) is 4. The Bertz CT molecular complexity index is 453. The molecule has 0 aromatic heterocycles. The van der Waals surface area contributed by atoms with Gasteiger partial charge in [-0.25, -0.2) is 0 Å². The van der Waals surface area contributed by atoms with E-state index in [0.29, 0.717) is 6.42 Å². The van der Waals surface area contributed by atoms with Crippen LogP contribution in [-0.2, 0) is 14.3 Å². The summed E-state index contributed by atoms with van der Waals surface area (Å²) in [6.07, 6.45) is 15.4. The summed E-state index contributed by atoms with van der Waals surface area (Å²) in [5, 5.41) is 18.7. The Morgan fingerprint density at radius 3 is 2.76 bits per heavy atom. The van der Waals surface area contributed by atoms with E-state index in [-0.39, 0.29) is 30.8 Å². The molecule has 2 bridgehead atoms. The molecule has 3 saturated heterocycles. The van der Waals surface area contributed by atoms with Gasteiger partial charge < -0.3 is 19.7 Å². The number of aliphatic carboxylic acids is 1. The van der Waals surface area contributed by atoms with Crippen LogP contribution in [0.3, 0.4) is 0 Å². The fourth-order valence-electron chi connectivity index (χ4n) is 3.38. The fraction of sp³-hybridized carbons (Fsp3) is 0.750. The molecule has 3 aliphatic rings. The first-order valence-corrected chi connectivity index (χ1v) is 9.64. The number of carboxylic acids is 1. The van der Waals surface area contributed by atoms with Crippen LogP contribution in [0.15, 0.2) is 24.3 Å². The molecule has 3 fully saturated rings. The third-order valence-electron chi connectivity index (χ3n) is 4.92. The minimum atomic E-state index is -0.745. The van der Waals surface area contributed by atoms with Crippen molar-refractivity contribution in [2.75, 3.05) is 0 Å². The number of aliphatic hydroxyl groups excluding tert-OH is 1. The molecule has 5 nitrogen and oxygen atoms in total. The van der Waals surface area contributed by atoms with Gasteiger partial charge in [-0.1, -0.05) is 50.5 Å². The van der Waals surface area contributed by atoms with Crippen LogP contribution in [0.4, 0.5) is 0 Å². The van der Waals surface area contributed by atoms with Crippen molar-refractivity contribution in [3.63, 3.8) is 0 Å². The van der Waals surface area contributed by atoms with Crippen molar-refractivity contribution in [2.45, 2.75) is 89.3 Å². The first kappa shape index (κ1) is 20.1. The van der Waals surface area contributed by atoms with Gasteiger partial charge in [0.2, 0.25) is 0 Å². The minimum Gasteiger partial charge on any atom is -0.481 e. The number of carboxylic acid groups (broad SMARTS) is 1. The van der Waals surface area contributed by atoms with Crippen molar-refractivity contribution in [3.05, 3.63) is 24.3 Å². The lowest BCUT2D eigenvalue weighted by Gasteiger charge is -2.49. The first-order valence-electron chi connectivity index (χ1n) is 9.64. The van der Waals surface area contributed by atoms with Gasteiger partial charge in [0.1, 0.15) is 0 Å². The highest BCUT2D eigenvalue weighted by Gasteiger charge is 2.46. The Morgan fingerprint density at radius 1 is 1.24 bits per heavy atom. The summed E-state index contributed by atoms with van der Waals surface area (Å²) in [4.78, 5) is 10.5. The second kappa shape index (κ2) is 10.7. The molecule has 0 radical (unpaired) electrons.